The molecule has 0 radical (unpaired) electrons. The number of ether oxygens (including phenoxy) is 1. The van der Waals surface area contributed by atoms with Crippen molar-refractivity contribution in [2.75, 3.05) is 24.8 Å². The first-order valence-electron chi connectivity index (χ1n) is 13.7. The number of nitrogens with zero attached hydrogens (tertiary/aromatic N) is 2. The summed E-state index contributed by atoms with van der Waals surface area (Å²) in [6, 6.07) is 15.7. The summed E-state index contributed by atoms with van der Waals surface area (Å²) < 4.78 is 7.06. The number of carbonyl (C=O) groups is 2. The van der Waals surface area contributed by atoms with Crippen LogP contribution in [0.25, 0.3) is 22.2 Å². The Kier molecular flexibility index (Phi) is 8.76. The summed E-state index contributed by atoms with van der Waals surface area (Å²) in [6.45, 7) is 8.58. The second-order valence-electron chi connectivity index (χ2n) is 10.8. The summed E-state index contributed by atoms with van der Waals surface area (Å²) in [6.07, 6.45) is 3.32. The van der Waals surface area contributed by atoms with Gasteiger partial charge in [0, 0.05) is 42.0 Å². The van der Waals surface area contributed by atoms with E-state index in [1.807, 2.05) is 63.2 Å². The number of urea groups is 1. The number of rotatable bonds is 8. The van der Waals surface area contributed by atoms with Crippen molar-refractivity contribution in [1.29, 1.82) is 0 Å². The first-order valence-corrected chi connectivity index (χ1v) is 13.7. The van der Waals surface area contributed by atoms with E-state index in [1.165, 1.54) is 0 Å². The van der Waals surface area contributed by atoms with Crippen molar-refractivity contribution < 1.29 is 14.3 Å². The minimum Gasteiger partial charge on any atom is -0.497 e. The van der Waals surface area contributed by atoms with Crippen molar-refractivity contribution in [2.24, 2.45) is 0 Å². The molecule has 0 spiro atoms. The van der Waals surface area contributed by atoms with E-state index >= 15 is 0 Å². The minimum atomic E-state index is -0.601. The standard InChI is InChI=1S/C32H37N5O4/c1-7-8-17-37-28-23(13-10-16-34-28)26(20-11-9-12-22(18-20)41-6)27(30(37)39)36-31(40)35-25-19-21(29(38)33-5)14-15-24(25)32(2,3)4/h9-16,18-19H,7-8,17H2,1-6H3,(H,33,38)(H2,35,36,40). The largest absolute Gasteiger partial charge is 0.497 e. The highest BCUT2D eigenvalue weighted by molar-refractivity contribution is 6.08. The van der Waals surface area contributed by atoms with Gasteiger partial charge in [-0.3, -0.25) is 14.2 Å². The lowest BCUT2D eigenvalue weighted by molar-refractivity contribution is 0.0963. The van der Waals surface area contributed by atoms with Crippen LogP contribution in [-0.4, -0.2) is 35.6 Å². The number of unbranched alkanes of at least 4 members (excludes halogenated alkanes) is 1. The first-order chi connectivity index (χ1) is 19.6. The average molecular weight is 556 g/mol. The lowest BCUT2D eigenvalue weighted by Crippen LogP contribution is -2.30. The number of benzene rings is 2. The molecular weight excluding hydrogens is 518 g/mol. The Bertz CT molecular complexity index is 1650. The maximum atomic E-state index is 14.0. The van der Waals surface area contributed by atoms with Crippen molar-refractivity contribution in [3.63, 3.8) is 0 Å². The number of hydrogen-bond donors (Lipinski definition) is 3. The van der Waals surface area contributed by atoms with Crippen LogP contribution < -0.4 is 26.2 Å². The lowest BCUT2D eigenvalue weighted by atomic mass is 9.85. The van der Waals surface area contributed by atoms with Gasteiger partial charge >= 0.3 is 6.03 Å². The Morgan fingerprint density at radius 2 is 1.80 bits per heavy atom. The fourth-order valence-corrected chi connectivity index (χ4v) is 4.85. The molecule has 2 aromatic carbocycles. The molecule has 0 aliphatic carbocycles. The number of pyridine rings is 2. The molecular formula is C32H37N5O4. The minimum absolute atomic E-state index is 0.132. The van der Waals surface area contributed by atoms with Gasteiger partial charge in [0.25, 0.3) is 11.5 Å². The molecule has 0 bridgehead atoms. The molecule has 0 fully saturated rings. The van der Waals surface area contributed by atoms with Crippen molar-refractivity contribution in [3.8, 4) is 16.9 Å². The van der Waals surface area contributed by atoms with Gasteiger partial charge in [-0.15, -0.1) is 0 Å². The molecule has 9 heteroatoms. The van der Waals surface area contributed by atoms with Crippen LogP contribution in [-0.2, 0) is 12.0 Å². The van der Waals surface area contributed by atoms with E-state index in [1.54, 1.807) is 37.1 Å². The highest BCUT2D eigenvalue weighted by Crippen LogP contribution is 2.35. The number of methoxy groups -OCH3 is 1. The molecule has 9 nitrogen and oxygen atoms in total. The van der Waals surface area contributed by atoms with Crippen molar-refractivity contribution >= 4 is 34.3 Å². The van der Waals surface area contributed by atoms with E-state index in [9.17, 15) is 14.4 Å². The predicted molar refractivity (Wildman–Crippen MR) is 164 cm³/mol. The Balaban J connectivity index is 1.88. The van der Waals surface area contributed by atoms with Gasteiger partial charge in [0.2, 0.25) is 0 Å². The molecule has 3 amide bonds. The van der Waals surface area contributed by atoms with Crippen molar-refractivity contribution in [3.05, 3.63) is 82.3 Å². The van der Waals surface area contributed by atoms with E-state index in [2.05, 4.69) is 27.9 Å². The summed E-state index contributed by atoms with van der Waals surface area (Å²) >= 11 is 0. The van der Waals surface area contributed by atoms with Crippen LogP contribution in [0.2, 0.25) is 0 Å². The van der Waals surface area contributed by atoms with Crippen molar-refractivity contribution in [2.45, 2.75) is 52.5 Å². The zero-order valence-electron chi connectivity index (χ0n) is 24.4. The Labute approximate surface area is 240 Å². The van der Waals surface area contributed by atoms with Crippen LogP contribution >= 0.6 is 0 Å². The monoisotopic (exact) mass is 555 g/mol. The van der Waals surface area contributed by atoms with Crippen molar-refractivity contribution in [1.82, 2.24) is 14.9 Å². The maximum Gasteiger partial charge on any atom is 0.323 e. The smallest absolute Gasteiger partial charge is 0.323 e. The van der Waals surface area contributed by atoms with Gasteiger partial charge in [-0.05, 0) is 59.4 Å². The number of carbonyl (C=O) groups excluding carboxylic acids is 2. The zero-order chi connectivity index (χ0) is 29.7. The molecule has 2 aromatic heterocycles. The number of amides is 3. The van der Waals surface area contributed by atoms with E-state index in [0.717, 1.165) is 23.8 Å². The quantitative estimate of drug-likeness (QED) is 0.240. The molecule has 0 saturated carbocycles. The first kappa shape index (κ1) is 29.3. The molecule has 0 atom stereocenters. The third-order valence-electron chi connectivity index (χ3n) is 6.92. The topological polar surface area (TPSA) is 114 Å². The summed E-state index contributed by atoms with van der Waals surface area (Å²) in [7, 11) is 3.13. The molecule has 4 rings (SSSR count). The normalized spacial score (nSPS) is 11.3. The highest BCUT2D eigenvalue weighted by atomic mass is 16.5. The number of aryl methyl sites for hydroxylation is 1. The van der Waals surface area contributed by atoms with Gasteiger partial charge in [-0.2, -0.15) is 0 Å². The second kappa shape index (κ2) is 12.2. The van der Waals surface area contributed by atoms with Crippen LogP contribution in [0.5, 0.6) is 5.75 Å². The third-order valence-corrected chi connectivity index (χ3v) is 6.92. The van der Waals surface area contributed by atoms with E-state index in [-0.39, 0.29) is 22.6 Å². The van der Waals surface area contributed by atoms with Crippen LogP contribution in [0, 0.1) is 0 Å². The molecule has 0 aliphatic heterocycles. The fourth-order valence-electron chi connectivity index (χ4n) is 4.85. The van der Waals surface area contributed by atoms with Gasteiger partial charge in [0.05, 0.1) is 7.11 Å². The summed E-state index contributed by atoms with van der Waals surface area (Å²) in [5.74, 6) is 0.348. The maximum absolute atomic E-state index is 14.0. The Hall–Kier alpha value is -4.66. The summed E-state index contributed by atoms with van der Waals surface area (Å²) in [5, 5.41) is 9.11. The second-order valence-corrected chi connectivity index (χ2v) is 10.8. The molecule has 0 aliphatic rings. The van der Waals surface area contributed by atoms with E-state index in [4.69, 9.17) is 4.74 Å². The van der Waals surface area contributed by atoms with Gasteiger partial charge in [-0.1, -0.05) is 52.3 Å². The molecule has 0 saturated heterocycles. The van der Waals surface area contributed by atoms with Gasteiger partial charge in [-0.25, -0.2) is 9.78 Å². The summed E-state index contributed by atoms with van der Waals surface area (Å²) in [5.41, 5.74) is 2.99. The molecule has 3 N–H and O–H groups in total. The number of aromatic nitrogens is 2. The van der Waals surface area contributed by atoms with Crippen LogP contribution in [0.4, 0.5) is 16.2 Å². The summed E-state index contributed by atoms with van der Waals surface area (Å²) in [4.78, 5) is 44.6. The Morgan fingerprint density at radius 3 is 2.49 bits per heavy atom. The SMILES string of the molecule is CCCCn1c(=O)c(NC(=O)Nc2cc(C(=O)NC)ccc2C(C)(C)C)c(-c2cccc(OC)c2)c2cccnc21. The lowest BCUT2D eigenvalue weighted by Gasteiger charge is -2.24. The fraction of sp³-hybridized carbons (Fsp3) is 0.312. The molecule has 41 heavy (non-hydrogen) atoms. The van der Waals surface area contributed by atoms with Crippen LogP contribution in [0.3, 0.4) is 0 Å². The zero-order valence-corrected chi connectivity index (χ0v) is 24.4. The van der Waals surface area contributed by atoms with Crippen LogP contribution in [0.15, 0.2) is 65.6 Å². The average Bonchev–Trinajstić information content (AvgIpc) is 2.96. The number of hydrogen-bond acceptors (Lipinski definition) is 5. The highest BCUT2D eigenvalue weighted by Gasteiger charge is 2.24. The van der Waals surface area contributed by atoms with E-state index < -0.39 is 6.03 Å². The third kappa shape index (κ3) is 6.24. The van der Waals surface area contributed by atoms with Gasteiger partial charge < -0.3 is 20.7 Å². The molecule has 4 aromatic rings. The Morgan fingerprint density at radius 1 is 1.02 bits per heavy atom. The van der Waals surface area contributed by atoms with Gasteiger partial charge in [0.1, 0.15) is 17.1 Å². The predicted octanol–water partition coefficient (Wildman–Crippen LogP) is 6.17. The van der Waals surface area contributed by atoms with E-state index in [0.29, 0.717) is 40.3 Å². The molecule has 214 valence electrons. The van der Waals surface area contributed by atoms with Gasteiger partial charge in [0.15, 0.2) is 0 Å². The number of anilines is 2. The number of nitrogens with one attached hydrogen (secondary N) is 3. The van der Waals surface area contributed by atoms with Crippen LogP contribution in [0.1, 0.15) is 56.5 Å². The molecule has 2 heterocycles. The number of fused-ring (bicyclic) bond motifs is 1. The molecule has 0 unspecified atom stereocenters.